The molecule has 1 unspecified atom stereocenters. The number of nitrogens with two attached hydrogens (primary N) is 1. The molecule has 2 aromatic carbocycles. The van der Waals surface area contributed by atoms with Crippen LogP contribution in [0.25, 0.3) is 0 Å². The Balaban J connectivity index is 1.70. The van der Waals surface area contributed by atoms with Gasteiger partial charge in [0.1, 0.15) is 0 Å². The normalized spacial score (nSPS) is 17.0. The zero-order valence-corrected chi connectivity index (χ0v) is 15.1. The van der Waals surface area contributed by atoms with Crippen molar-refractivity contribution in [1.82, 2.24) is 0 Å². The molecule has 1 heterocycles. The summed E-state index contributed by atoms with van der Waals surface area (Å²) in [6.07, 6.45) is 2.23. The molecule has 6 heteroatoms. The highest BCUT2D eigenvalue weighted by Crippen LogP contribution is 2.28. The first-order valence-electron chi connectivity index (χ1n) is 8.09. The van der Waals surface area contributed by atoms with Gasteiger partial charge in [-0.25, -0.2) is 0 Å². The zero-order chi connectivity index (χ0) is 18.0. The lowest BCUT2D eigenvalue weighted by Gasteiger charge is -2.17. The second-order valence-corrected chi connectivity index (χ2v) is 7.05. The number of nitrogen functional groups attached to an aromatic ring is 1. The Kier molecular flexibility index (Phi) is 4.99. The van der Waals surface area contributed by atoms with Gasteiger partial charge in [-0.1, -0.05) is 6.07 Å². The maximum atomic E-state index is 12.6. The molecular formula is C19H21N3O2S. The quantitative estimate of drug-likeness (QED) is 0.652. The van der Waals surface area contributed by atoms with Crippen LogP contribution < -0.4 is 16.0 Å². The molecule has 0 radical (unpaired) electrons. The maximum Gasteiger partial charge on any atom is 0.229 e. The van der Waals surface area contributed by atoms with E-state index in [0.717, 1.165) is 16.1 Å². The Labute approximate surface area is 151 Å². The Bertz CT molecular complexity index is 805. The molecular weight excluding hydrogens is 334 g/mol. The summed E-state index contributed by atoms with van der Waals surface area (Å²) in [6, 6.07) is 13.2. The van der Waals surface area contributed by atoms with E-state index in [1.807, 2.05) is 43.5 Å². The molecule has 5 nitrogen and oxygen atoms in total. The van der Waals surface area contributed by atoms with Crippen molar-refractivity contribution in [3.63, 3.8) is 0 Å². The van der Waals surface area contributed by atoms with E-state index in [1.165, 1.54) is 0 Å². The largest absolute Gasteiger partial charge is 0.399 e. The molecule has 0 aliphatic carbocycles. The average Bonchev–Trinajstić information content (AvgIpc) is 3.00. The number of thioether (sulfide) groups is 1. The number of anilines is 3. The van der Waals surface area contributed by atoms with Crippen LogP contribution in [0.4, 0.5) is 17.1 Å². The first-order valence-corrected chi connectivity index (χ1v) is 9.32. The van der Waals surface area contributed by atoms with Gasteiger partial charge >= 0.3 is 0 Å². The Morgan fingerprint density at radius 2 is 1.96 bits per heavy atom. The predicted molar refractivity (Wildman–Crippen MR) is 103 cm³/mol. The highest BCUT2D eigenvalue weighted by Gasteiger charge is 2.35. The monoisotopic (exact) mass is 355 g/mol. The molecule has 2 aromatic rings. The molecule has 25 heavy (non-hydrogen) atoms. The van der Waals surface area contributed by atoms with Gasteiger partial charge in [-0.05, 0) is 55.1 Å². The summed E-state index contributed by atoms with van der Waals surface area (Å²) in [5.74, 6) is -0.541. The van der Waals surface area contributed by atoms with Gasteiger partial charge in [-0.15, -0.1) is 11.8 Å². The van der Waals surface area contributed by atoms with Gasteiger partial charge in [-0.3, -0.25) is 9.59 Å². The Hall–Kier alpha value is -2.47. The summed E-state index contributed by atoms with van der Waals surface area (Å²) >= 11 is 1.65. The van der Waals surface area contributed by atoms with Crippen molar-refractivity contribution in [1.29, 1.82) is 0 Å². The van der Waals surface area contributed by atoms with E-state index in [4.69, 9.17) is 5.73 Å². The van der Waals surface area contributed by atoms with E-state index in [-0.39, 0.29) is 24.2 Å². The zero-order valence-electron chi connectivity index (χ0n) is 14.3. The number of rotatable bonds is 4. The number of aryl methyl sites for hydroxylation is 1. The van der Waals surface area contributed by atoms with Crippen LogP contribution in [0.2, 0.25) is 0 Å². The second-order valence-electron chi connectivity index (χ2n) is 6.17. The van der Waals surface area contributed by atoms with Crippen LogP contribution in [0.1, 0.15) is 12.0 Å². The Morgan fingerprint density at radius 3 is 2.64 bits per heavy atom. The SMILES string of the molecule is CSc1ccc(N2CC(C(=O)Nc3cc(N)ccc3C)CC2=O)cc1. The van der Waals surface area contributed by atoms with E-state index >= 15 is 0 Å². The van der Waals surface area contributed by atoms with Gasteiger partial charge in [0, 0.05) is 34.9 Å². The molecule has 0 saturated carbocycles. The molecule has 0 aromatic heterocycles. The molecule has 130 valence electrons. The minimum Gasteiger partial charge on any atom is -0.399 e. The lowest BCUT2D eigenvalue weighted by atomic mass is 10.1. The number of amides is 2. The molecule has 1 aliphatic rings. The molecule has 3 N–H and O–H groups in total. The van der Waals surface area contributed by atoms with Crippen molar-refractivity contribution < 1.29 is 9.59 Å². The number of benzene rings is 2. The fraction of sp³-hybridized carbons (Fsp3) is 0.263. The predicted octanol–water partition coefficient (Wildman–Crippen LogP) is 3.29. The highest BCUT2D eigenvalue weighted by atomic mass is 32.2. The summed E-state index contributed by atoms with van der Waals surface area (Å²) in [6.45, 7) is 2.30. The number of hydrogen-bond donors (Lipinski definition) is 2. The molecule has 2 amide bonds. The summed E-state index contributed by atoms with van der Waals surface area (Å²) in [4.78, 5) is 27.7. The van der Waals surface area contributed by atoms with E-state index in [0.29, 0.717) is 17.9 Å². The van der Waals surface area contributed by atoms with Crippen molar-refractivity contribution in [2.24, 2.45) is 5.92 Å². The van der Waals surface area contributed by atoms with E-state index in [1.54, 1.807) is 28.8 Å². The van der Waals surface area contributed by atoms with Gasteiger partial charge in [0.15, 0.2) is 0 Å². The van der Waals surface area contributed by atoms with Crippen LogP contribution >= 0.6 is 11.8 Å². The van der Waals surface area contributed by atoms with E-state index in [2.05, 4.69) is 5.32 Å². The first-order chi connectivity index (χ1) is 12.0. The van der Waals surface area contributed by atoms with Crippen molar-refractivity contribution in [2.75, 3.05) is 28.8 Å². The number of nitrogens with one attached hydrogen (secondary N) is 1. The van der Waals surface area contributed by atoms with E-state index < -0.39 is 0 Å². The molecule has 1 atom stereocenters. The molecule has 1 fully saturated rings. The first kappa shape index (κ1) is 17.4. The number of carbonyl (C=O) groups is 2. The van der Waals surface area contributed by atoms with E-state index in [9.17, 15) is 9.59 Å². The van der Waals surface area contributed by atoms with Crippen LogP contribution in [0.5, 0.6) is 0 Å². The fourth-order valence-corrected chi connectivity index (χ4v) is 3.31. The van der Waals surface area contributed by atoms with Gasteiger partial charge in [0.05, 0.1) is 5.92 Å². The number of carbonyl (C=O) groups excluding carboxylic acids is 2. The van der Waals surface area contributed by atoms with Gasteiger partial charge < -0.3 is 16.0 Å². The fourth-order valence-electron chi connectivity index (χ4n) is 2.90. The van der Waals surface area contributed by atoms with Crippen molar-refractivity contribution in [2.45, 2.75) is 18.2 Å². The molecule has 3 rings (SSSR count). The van der Waals surface area contributed by atoms with Crippen molar-refractivity contribution >= 4 is 40.6 Å². The molecule has 0 bridgehead atoms. The summed E-state index contributed by atoms with van der Waals surface area (Å²) < 4.78 is 0. The molecule has 0 spiro atoms. The maximum absolute atomic E-state index is 12.6. The smallest absolute Gasteiger partial charge is 0.229 e. The molecule has 1 saturated heterocycles. The third kappa shape index (κ3) is 3.79. The third-order valence-electron chi connectivity index (χ3n) is 4.40. The Morgan fingerprint density at radius 1 is 1.24 bits per heavy atom. The van der Waals surface area contributed by atoms with Crippen LogP contribution in [-0.4, -0.2) is 24.6 Å². The average molecular weight is 355 g/mol. The van der Waals surface area contributed by atoms with Crippen LogP contribution in [-0.2, 0) is 9.59 Å². The van der Waals surface area contributed by atoms with Crippen LogP contribution in [0, 0.1) is 12.8 Å². The minimum atomic E-state index is -0.367. The standard InChI is InChI=1S/C19H21N3O2S/c1-12-3-4-14(20)10-17(12)21-19(24)13-9-18(23)22(11-13)15-5-7-16(25-2)8-6-15/h3-8,10,13H,9,11,20H2,1-2H3,(H,21,24). The van der Waals surface area contributed by atoms with Gasteiger partial charge in [0.25, 0.3) is 0 Å². The second kappa shape index (κ2) is 7.19. The van der Waals surface area contributed by atoms with Crippen molar-refractivity contribution in [3.8, 4) is 0 Å². The number of hydrogen-bond acceptors (Lipinski definition) is 4. The lowest BCUT2D eigenvalue weighted by Crippen LogP contribution is -2.28. The summed E-state index contributed by atoms with van der Waals surface area (Å²) in [5.41, 5.74) is 8.85. The van der Waals surface area contributed by atoms with Crippen molar-refractivity contribution in [3.05, 3.63) is 48.0 Å². The highest BCUT2D eigenvalue weighted by molar-refractivity contribution is 7.98. The topological polar surface area (TPSA) is 75.4 Å². The minimum absolute atomic E-state index is 0.0265. The molecule has 1 aliphatic heterocycles. The summed E-state index contributed by atoms with van der Waals surface area (Å²) in [7, 11) is 0. The van der Waals surface area contributed by atoms with Gasteiger partial charge in [-0.2, -0.15) is 0 Å². The van der Waals surface area contributed by atoms with Gasteiger partial charge in [0.2, 0.25) is 11.8 Å². The lowest BCUT2D eigenvalue weighted by molar-refractivity contribution is -0.122. The van der Waals surface area contributed by atoms with Crippen LogP contribution in [0.3, 0.4) is 0 Å². The third-order valence-corrected chi connectivity index (χ3v) is 5.14. The number of nitrogens with zero attached hydrogens (tertiary/aromatic N) is 1. The van der Waals surface area contributed by atoms with Crippen LogP contribution in [0.15, 0.2) is 47.4 Å². The summed E-state index contributed by atoms with van der Waals surface area (Å²) in [5, 5.41) is 2.90.